The van der Waals surface area contributed by atoms with Crippen molar-refractivity contribution in [2.24, 2.45) is 5.73 Å². The Bertz CT molecular complexity index is 167. The maximum absolute atomic E-state index is 6.03. The molecule has 15 heavy (non-hydrogen) atoms. The van der Waals surface area contributed by atoms with E-state index in [0.29, 0.717) is 0 Å². The Labute approximate surface area is 95.2 Å². The molecule has 1 saturated heterocycles. The minimum Gasteiger partial charge on any atom is -0.329 e. The van der Waals surface area contributed by atoms with Crippen molar-refractivity contribution in [3.8, 4) is 0 Å². The first-order valence-corrected chi connectivity index (χ1v) is 6.67. The summed E-state index contributed by atoms with van der Waals surface area (Å²) in [5.41, 5.74) is 6.30. The van der Waals surface area contributed by atoms with E-state index in [-0.39, 0.29) is 5.54 Å². The molecule has 0 aliphatic carbocycles. The van der Waals surface area contributed by atoms with Gasteiger partial charge in [-0.05, 0) is 39.2 Å². The molecule has 0 radical (unpaired) electrons. The summed E-state index contributed by atoms with van der Waals surface area (Å²) in [4.78, 5) is 2.69. The summed E-state index contributed by atoms with van der Waals surface area (Å²) in [7, 11) is 0. The van der Waals surface area contributed by atoms with E-state index in [2.05, 4.69) is 25.7 Å². The Kier molecular flexibility index (Phi) is 5.07. The van der Waals surface area contributed by atoms with Crippen molar-refractivity contribution in [3.05, 3.63) is 0 Å². The molecule has 0 aromatic heterocycles. The molecule has 0 saturated carbocycles. The SMILES string of the molecule is CCC(CC)(CN)N1CCCCCC1C. The monoisotopic (exact) mass is 212 g/mol. The number of nitrogens with zero attached hydrogens (tertiary/aromatic N) is 1. The molecule has 1 aliphatic rings. The Hall–Kier alpha value is -0.0800. The van der Waals surface area contributed by atoms with Gasteiger partial charge in [-0.25, -0.2) is 0 Å². The highest BCUT2D eigenvalue weighted by Gasteiger charge is 2.35. The zero-order valence-electron chi connectivity index (χ0n) is 10.8. The van der Waals surface area contributed by atoms with Gasteiger partial charge < -0.3 is 5.73 Å². The summed E-state index contributed by atoms with van der Waals surface area (Å²) in [6.07, 6.45) is 7.86. The molecule has 1 unspecified atom stereocenters. The predicted molar refractivity (Wildman–Crippen MR) is 67.0 cm³/mol. The maximum Gasteiger partial charge on any atom is 0.0329 e. The van der Waals surface area contributed by atoms with Gasteiger partial charge >= 0.3 is 0 Å². The van der Waals surface area contributed by atoms with Crippen LogP contribution in [0, 0.1) is 0 Å². The van der Waals surface area contributed by atoms with Crippen molar-refractivity contribution in [1.29, 1.82) is 0 Å². The second-order valence-electron chi connectivity index (χ2n) is 5.03. The molecule has 0 aromatic rings. The highest BCUT2D eigenvalue weighted by Crippen LogP contribution is 2.29. The minimum absolute atomic E-state index is 0.268. The van der Waals surface area contributed by atoms with Gasteiger partial charge in [0.1, 0.15) is 0 Å². The van der Waals surface area contributed by atoms with Crippen LogP contribution in [0.25, 0.3) is 0 Å². The predicted octanol–water partition coefficient (Wildman–Crippen LogP) is 2.77. The Morgan fingerprint density at radius 3 is 2.40 bits per heavy atom. The van der Waals surface area contributed by atoms with E-state index in [1.807, 2.05) is 0 Å². The highest BCUT2D eigenvalue weighted by atomic mass is 15.2. The first-order chi connectivity index (χ1) is 7.20. The van der Waals surface area contributed by atoms with Gasteiger partial charge in [0.25, 0.3) is 0 Å². The van der Waals surface area contributed by atoms with E-state index >= 15 is 0 Å². The topological polar surface area (TPSA) is 29.3 Å². The van der Waals surface area contributed by atoms with Crippen LogP contribution in [0.1, 0.15) is 59.3 Å². The lowest BCUT2D eigenvalue weighted by Crippen LogP contribution is -2.56. The van der Waals surface area contributed by atoms with Crippen molar-refractivity contribution in [1.82, 2.24) is 4.90 Å². The van der Waals surface area contributed by atoms with Crippen LogP contribution in [0.5, 0.6) is 0 Å². The van der Waals surface area contributed by atoms with E-state index in [1.54, 1.807) is 0 Å². The molecular formula is C13H28N2. The fraction of sp³-hybridized carbons (Fsp3) is 1.00. The van der Waals surface area contributed by atoms with E-state index in [0.717, 1.165) is 12.6 Å². The van der Waals surface area contributed by atoms with Crippen LogP contribution in [-0.2, 0) is 0 Å². The molecule has 2 N–H and O–H groups in total. The van der Waals surface area contributed by atoms with Crippen LogP contribution in [0.15, 0.2) is 0 Å². The summed E-state index contributed by atoms with van der Waals surface area (Å²) in [5, 5.41) is 0. The zero-order chi connectivity index (χ0) is 11.3. The van der Waals surface area contributed by atoms with Gasteiger partial charge in [-0.2, -0.15) is 0 Å². The largest absolute Gasteiger partial charge is 0.329 e. The van der Waals surface area contributed by atoms with Crippen LogP contribution in [-0.4, -0.2) is 29.6 Å². The maximum atomic E-state index is 6.03. The first kappa shape index (κ1) is 13.0. The first-order valence-electron chi connectivity index (χ1n) is 6.67. The average Bonchev–Trinajstić information content (AvgIpc) is 2.48. The molecule has 90 valence electrons. The molecule has 1 atom stereocenters. The van der Waals surface area contributed by atoms with Gasteiger partial charge in [-0.15, -0.1) is 0 Å². The Morgan fingerprint density at radius 2 is 1.87 bits per heavy atom. The fourth-order valence-electron chi connectivity index (χ4n) is 3.04. The van der Waals surface area contributed by atoms with Gasteiger partial charge in [0.15, 0.2) is 0 Å². The van der Waals surface area contributed by atoms with Gasteiger partial charge in [-0.1, -0.05) is 26.7 Å². The molecule has 1 aliphatic heterocycles. The van der Waals surface area contributed by atoms with Crippen molar-refractivity contribution in [2.45, 2.75) is 70.9 Å². The van der Waals surface area contributed by atoms with E-state index in [1.165, 1.54) is 45.1 Å². The third kappa shape index (κ3) is 2.73. The third-order valence-corrected chi connectivity index (χ3v) is 4.36. The van der Waals surface area contributed by atoms with E-state index in [9.17, 15) is 0 Å². The zero-order valence-corrected chi connectivity index (χ0v) is 10.8. The molecular weight excluding hydrogens is 184 g/mol. The normalized spacial score (nSPS) is 25.2. The van der Waals surface area contributed by atoms with Crippen molar-refractivity contribution < 1.29 is 0 Å². The Balaban J connectivity index is 2.79. The summed E-state index contributed by atoms with van der Waals surface area (Å²) in [6.45, 7) is 9.01. The number of nitrogens with two attached hydrogens (primary N) is 1. The summed E-state index contributed by atoms with van der Waals surface area (Å²) >= 11 is 0. The van der Waals surface area contributed by atoms with E-state index < -0.39 is 0 Å². The second-order valence-corrected chi connectivity index (χ2v) is 5.03. The lowest BCUT2D eigenvalue weighted by Gasteiger charge is -2.45. The molecule has 0 spiro atoms. The quantitative estimate of drug-likeness (QED) is 0.776. The number of rotatable bonds is 4. The lowest BCUT2D eigenvalue weighted by molar-refractivity contribution is 0.0498. The van der Waals surface area contributed by atoms with Crippen molar-refractivity contribution in [3.63, 3.8) is 0 Å². The molecule has 2 nitrogen and oxygen atoms in total. The van der Waals surface area contributed by atoms with E-state index in [4.69, 9.17) is 5.73 Å². The average molecular weight is 212 g/mol. The smallest absolute Gasteiger partial charge is 0.0329 e. The number of likely N-dealkylation sites (tertiary alicyclic amines) is 1. The van der Waals surface area contributed by atoms with Crippen molar-refractivity contribution >= 4 is 0 Å². The van der Waals surface area contributed by atoms with Gasteiger partial charge in [-0.3, -0.25) is 4.90 Å². The standard InChI is InChI=1S/C13H28N2/c1-4-13(5-2,11-14)15-10-8-6-7-9-12(15)3/h12H,4-11,14H2,1-3H3. The molecule has 0 aromatic carbocycles. The third-order valence-electron chi connectivity index (χ3n) is 4.36. The minimum atomic E-state index is 0.268. The molecule has 1 rings (SSSR count). The second kappa shape index (κ2) is 5.86. The summed E-state index contributed by atoms with van der Waals surface area (Å²) in [6, 6.07) is 0.718. The van der Waals surface area contributed by atoms with Gasteiger partial charge in [0, 0.05) is 18.1 Å². The summed E-state index contributed by atoms with van der Waals surface area (Å²) in [5.74, 6) is 0. The molecule has 2 heteroatoms. The fourth-order valence-corrected chi connectivity index (χ4v) is 3.04. The molecule has 1 fully saturated rings. The van der Waals surface area contributed by atoms with Crippen LogP contribution < -0.4 is 5.73 Å². The lowest BCUT2D eigenvalue weighted by atomic mass is 9.89. The molecule has 0 amide bonds. The number of hydrogen-bond acceptors (Lipinski definition) is 2. The van der Waals surface area contributed by atoms with Crippen LogP contribution >= 0.6 is 0 Å². The highest BCUT2D eigenvalue weighted by molar-refractivity contribution is 4.92. The van der Waals surface area contributed by atoms with Gasteiger partial charge in [0.05, 0.1) is 0 Å². The van der Waals surface area contributed by atoms with Gasteiger partial charge in [0.2, 0.25) is 0 Å². The van der Waals surface area contributed by atoms with Crippen LogP contribution in [0.3, 0.4) is 0 Å². The van der Waals surface area contributed by atoms with Crippen LogP contribution in [0.4, 0.5) is 0 Å². The molecule has 1 heterocycles. The molecule has 0 bridgehead atoms. The Morgan fingerprint density at radius 1 is 1.20 bits per heavy atom. The van der Waals surface area contributed by atoms with Crippen molar-refractivity contribution in [2.75, 3.05) is 13.1 Å². The van der Waals surface area contributed by atoms with Crippen LogP contribution in [0.2, 0.25) is 0 Å². The number of hydrogen-bond donors (Lipinski definition) is 1. The summed E-state index contributed by atoms with van der Waals surface area (Å²) < 4.78 is 0.